The number of carbonyl (C=O) groups is 2. The second-order valence-electron chi connectivity index (χ2n) is 29.3. The molecule has 113 heavy (non-hydrogen) atoms. The van der Waals surface area contributed by atoms with E-state index in [2.05, 4.69) is 304 Å². The minimum Gasteiger partial charge on any atom is -1.00 e. The molecule has 2 fully saturated rings. The van der Waals surface area contributed by atoms with Crippen molar-refractivity contribution in [3.8, 4) is 0 Å². The summed E-state index contributed by atoms with van der Waals surface area (Å²) in [6.45, 7) is 7.00. The minimum absolute atomic E-state index is 0. The SMILES string of the molecule is Brc1cc2ccccc2c2ccccc12.CC1(C)O[C@@H](C(O)(c2cc3ccccc3c3ccccc23)c2cc3ccccc3c3ccccc23)[C@H](C(O)(c2cc3ccccc3c3ccccc23)c2cc3ccccc3c3ccccc23)O1.COC(=O)[C@@H]1OC(C)(C)O[C@H]1C(=O)OC.[Br-].[Mg+2].[c-]1cc2ccccc2c2ccccc12. The summed E-state index contributed by atoms with van der Waals surface area (Å²) in [5.41, 5.74) is -1.28. The van der Waals surface area contributed by atoms with Crippen molar-refractivity contribution in [2.24, 2.45) is 0 Å². The molecule has 2 aliphatic heterocycles. The van der Waals surface area contributed by atoms with Crippen LogP contribution in [-0.2, 0) is 49.2 Å². The first kappa shape index (κ1) is 77.8. The average molecular weight is 1620 g/mol. The van der Waals surface area contributed by atoms with Crippen LogP contribution in [0.15, 0.2) is 332 Å². The minimum atomic E-state index is -1.96. The molecule has 2 saturated heterocycles. The van der Waals surface area contributed by atoms with Crippen LogP contribution >= 0.6 is 15.9 Å². The van der Waals surface area contributed by atoms with Crippen molar-refractivity contribution in [3.05, 3.63) is 360 Å². The van der Waals surface area contributed by atoms with E-state index in [4.69, 9.17) is 18.9 Å². The Balaban J connectivity index is 0.000000175. The van der Waals surface area contributed by atoms with Crippen LogP contribution in [0.25, 0.3) is 129 Å². The molecular formula is C100H78Br2MgO10. The Morgan fingerprint density at radius 3 is 0.876 bits per heavy atom. The summed E-state index contributed by atoms with van der Waals surface area (Å²) in [5, 5.41) is 56.1. The maximum atomic E-state index is 15.1. The van der Waals surface area contributed by atoms with E-state index >= 15 is 10.2 Å². The first-order valence-corrected chi connectivity index (χ1v) is 38.0. The van der Waals surface area contributed by atoms with Gasteiger partial charge in [0.1, 0.15) is 23.4 Å². The third-order valence-corrected chi connectivity index (χ3v) is 22.5. The van der Waals surface area contributed by atoms with Gasteiger partial charge in [-0.05, 0) is 188 Å². The number of methoxy groups -OCH3 is 2. The average Bonchev–Trinajstić information content (AvgIpc) is 1.68. The third-order valence-electron chi connectivity index (χ3n) is 21.9. The largest absolute Gasteiger partial charge is 2.00 e. The molecule has 0 unspecified atom stereocenters. The van der Waals surface area contributed by atoms with Crippen LogP contribution in [0.5, 0.6) is 0 Å². The van der Waals surface area contributed by atoms with Gasteiger partial charge in [0.05, 0.1) is 14.2 Å². The van der Waals surface area contributed by atoms with E-state index in [0.29, 0.717) is 22.3 Å². The Labute approximate surface area is 689 Å². The molecule has 554 valence electrons. The summed E-state index contributed by atoms with van der Waals surface area (Å²) in [7, 11) is 2.43. The van der Waals surface area contributed by atoms with Crippen molar-refractivity contribution in [1.29, 1.82) is 0 Å². The van der Waals surface area contributed by atoms with E-state index in [9.17, 15) is 9.59 Å². The fraction of sp³-hybridized carbons (Fsp3) is 0.140. The number of carbonyl (C=O) groups excluding carboxylic acids is 2. The van der Waals surface area contributed by atoms with E-state index in [1.165, 1.54) is 57.3 Å². The van der Waals surface area contributed by atoms with Crippen LogP contribution in [0.4, 0.5) is 0 Å². The van der Waals surface area contributed by atoms with Gasteiger partial charge in [-0.3, -0.25) is 0 Å². The summed E-state index contributed by atoms with van der Waals surface area (Å²) in [5.74, 6) is -3.60. The number of aliphatic hydroxyl groups is 2. The number of ether oxygens (including phenoxy) is 6. The summed E-state index contributed by atoms with van der Waals surface area (Å²) in [6.07, 6.45) is -4.57. The van der Waals surface area contributed by atoms with Crippen LogP contribution in [0, 0.1) is 6.07 Å². The van der Waals surface area contributed by atoms with Crippen molar-refractivity contribution >= 4 is 180 Å². The van der Waals surface area contributed by atoms with Crippen LogP contribution in [-0.4, -0.2) is 95.4 Å². The third kappa shape index (κ3) is 14.2. The molecule has 4 atom stereocenters. The van der Waals surface area contributed by atoms with E-state index in [-0.39, 0.29) is 40.0 Å². The maximum absolute atomic E-state index is 15.1. The van der Waals surface area contributed by atoms with Crippen LogP contribution in [0.3, 0.4) is 0 Å². The van der Waals surface area contributed by atoms with Gasteiger partial charge in [-0.25, -0.2) is 9.59 Å². The molecule has 0 aliphatic carbocycles. The van der Waals surface area contributed by atoms with Gasteiger partial charge in [-0.15, -0.1) is 35.0 Å². The molecule has 13 heteroatoms. The number of hydrogen-bond donors (Lipinski definition) is 2. The molecular weight excluding hydrogens is 1550 g/mol. The van der Waals surface area contributed by atoms with Crippen molar-refractivity contribution in [1.82, 2.24) is 0 Å². The topological polar surface area (TPSA) is 130 Å². The summed E-state index contributed by atoms with van der Waals surface area (Å²) in [4.78, 5) is 22.6. The standard InChI is InChI=1S/C63H46O4.C14H9Br.C14H9.C9H14O6.BrH.Mg/c1-61(2)66-59(62(64,55-35-39-19-3-7-23-43(39)47-27-11-15-31-51(47)55)56-36-40-20-4-8-24-44(40)48-28-12-16-32-52(48)56)60(67-61)63(65,57-37-41-21-5-9-25-45(41)49-29-13-17-33-53(49)57)58-38-42-22-6-10-26-46(42)50-30-14-18-34-54(50)58;15-14-9-10-5-1-2-6-11(10)12-7-3-4-8-13(12)14;1-3-7-13-11(5-1)9-10-12-6-2-4-8-14(12)13;1-9(2)14-5(7(10)12-3)6(15-9)8(11)13-4;;/h3-38,59-60,64-65H,1-2H3;1-9H;1-9H;5-6H,1-4H3;1H;/q;;-1;;;+2/p-1/t59-,60-;;;5-,6-;;/m1..1../s1. The van der Waals surface area contributed by atoms with Gasteiger partial charge in [-0.2, -0.15) is 0 Å². The number of hydrogen-bond acceptors (Lipinski definition) is 10. The second-order valence-corrected chi connectivity index (χ2v) is 30.2. The Kier molecular flexibility index (Phi) is 21.9. The zero-order valence-electron chi connectivity index (χ0n) is 63.1. The van der Waals surface area contributed by atoms with Gasteiger partial charge in [0, 0.05) is 4.47 Å². The Hall–Kier alpha value is -10.5. The Bertz CT molecular complexity index is 6120. The molecule has 20 rings (SSSR count). The molecule has 0 radical (unpaired) electrons. The van der Waals surface area contributed by atoms with E-state index in [1.54, 1.807) is 13.8 Å². The molecule has 0 spiro atoms. The zero-order valence-corrected chi connectivity index (χ0v) is 67.7. The predicted octanol–water partition coefficient (Wildman–Crippen LogP) is 19.6. The molecule has 18 aromatic rings. The molecule has 2 N–H and O–H groups in total. The van der Waals surface area contributed by atoms with Crippen molar-refractivity contribution in [2.45, 2.75) is 74.9 Å². The van der Waals surface area contributed by atoms with Crippen molar-refractivity contribution in [3.63, 3.8) is 0 Å². The van der Waals surface area contributed by atoms with Gasteiger partial charge in [0.2, 0.25) is 0 Å². The van der Waals surface area contributed by atoms with Gasteiger partial charge >= 0.3 is 35.0 Å². The number of rotatable bonds is 8. The Morgan fingerprint density at radius 1 is 0.327 bits per heavy atom. The maximum Gasteiger partial charge on any atom is 2.00 e. The number of esters is 2. The monoisotopic (exact) mass is 1620 g/mol. The molecule has 2 heterocycles. The number of halogens is 2. The normalized spacial score (nSPS) is 16.5. The predicted molar refractivity (Wildman–Crippen MR) is 459 cm³/mol. The second kappa shape index (κ2) is 31.8. The fourth-order valence-corrected chi connectivity index (χ4v) is 17.6. The van der Waals surface area contributed by atoms with E-state index < -0.39 is 59.1 Å². The first-order valence-electron chi connectivity index (χ1n) is 37.2. The quantitative estimate of drug-likeness (QED) is 0.0656. The van der Waals surface area contributed by atoms with E-state index in [0.717, 1.165) is 90.7 Å². The zero-order chi connectivity index (χ0) is 76.3. The van der Waals surface area contributed by atoms with Gasteiger partial charge in [0.15, 0.2) is 23.8 Å². The van der Waals surface area contributed by atoms with Gasteiger partial charge in [-0.1, -0.05) is 306 Å². The van der Waals surface area contributed by atoms with Crippen LogP contribution < -0.4 is 17.0 Å². The first-order chi connectivity index (χ1) is 53.9. The fourth-order valence-electron chi connectivity index (χ4n) is 17.0. The molecule has 10 nitrogen and oxygen atoms in total. The van der Waals surface area contributed by atoms with Crippen LogP contribution in [0.2, 0.25) is 0 Å². The Morgan fingerprint density at radius 2 is 0.558 bits per heavy atom. The van der Waals surface area contributed by atoms with Crippen molar-refractivity contribution < 1.29 is 65.2 Å². The van der Waals surface area contributed by atoms with Gasteiger partial charge in [0.25, 0.3) is 0 Å². The molecule has 0 saturated carbocycles. The summed E-state index contributed by atoms with van der Waals surface area (Å²) >= 11 is 3.62. The molecule has 0 bridgehead atoms. The van der Waals surface area contributed by atoms with Crippen LogP contribution in [0.1, 0.15) is 49.9 Å². The molecule has 0 amide bonds. The number of fused-ring (bicyclic) bond motifs is 18. The summed E-state index contributed by atoms with van der Waals surface area (Å²) < 4.78 is 35.5. The molecule has 2 aliphatic rings. The smallest absolute Gasteiger partial charge is 1.00 e. The van der Waals surface area contributed by atoms with Gasteiger partial charge < -0.3 is 55.6 Å². The summed E-state index contributed by atoms with van der Waals surface area (Å²) in [6, 6.07) is 116. The van der Waals surface area contributed by atoms with Crippen molar-refractivity contribution in [2.75, 3.05) is 14.2 Å². The molecule has 18 aromatic carbocycles. The van der Waals surface area contributed by atoms with E-state index in [1.807, 2.05) is 68.4 Å². The molecule has 0 aromatic heterocycles. The number of benzene rings is 18.